The molecule has 0 heterocycles. The molecule has 114 valence electrons. The molecule has 0 aliphatic heterocycles. The zero-order valence-corrected chi connectivity index (χ0v) is 14.3. The van der Waals surface area contributed by atoms with Gasteiger partial charge in [0, 0.05) is 12.6 Å². The maximum absolute atomic E-state index is 14.6. The van der Waals surface area contributed by atoms with Crippen LogP contribution in [0.2, 0.25) is 0 Å². The van der Waals surface area contributed by atoms with Gasteiger partial charge < -0.3 is 4.90 Å². The molecule has 1 aromatic rings. The lowest BCUT2D eigenvalue weighted by Crippen LogP contribution is -2.35. The van der Waals surface area contributed by atoms with Crippen molar-refractivity contribution < 1.29 is 4.39 Å². The molecule has 0 N–H and O–H groups in total. The van der Waals surface area contributed by atoms with Crippen molar-refractivity contribution in [1.29, 1.82) is 5.26 Å². The third-order valence-corrected chi connectivity index (χ3v) is 4.98. The van der Waals surface area contributed by atoms with Crippen LogP contribution in [0.4, 0.5) is 10.1 Å². The topological polar surface area (TPSA) is 27.0 Å². The standard InChI is InChI=1S/C17H22BrFN2/c1-12(2)9-10-21(14-5-3-4-6-14)15-8-7-13(11-20)16(18)17(15)19/h7-8,12,14H,3-6,9-10H2,1-2H3. The Morgan fingerprint density at radius 2 is 2.05 bits per heavy atom. The highest BCUT2D eigenvalue weighted by atomic mass is 79.9. The summed E-state index contributed by atoms with van der Waals surface area (Å²) in [4.78, 5) is 2.22. The van der Waals surface area contributed by atoms with Gasteiger partial charge in [0.15, 0.2) is 5.82 Å². The number of benzene rings is 1. The number of rotatable bonds is 5. The molecule has 0 atom stereocenters. The SMILES string of the molecule is CC(C)CCN(c1ccc(C#N)c(Br)c1F)C1CCCC1. The van der Waals surface area contributed by atoms with Gasteiger partial charge in [0.2, 0.25) is 0 Å². The Kier molecular flexibility index (Phi) is 5.64. The largest absolute Gasteiger partial charge is 0.366 e. The van der Waals surface area contributed by atoms with Crippen LogP contribution in [-0.2, 0) is 0 Å². The summed E-state index contributed by atoms with van der Waals surface area (Å²) < 4.78 is 14.9. The van der Waals surface area contributed by atoms with Crippen molar-refractivity contribution in [2.75, 3.05) is 11.4 Å². The molecule has 0 saturated heterocycles. The Balaban J connectivity index is 2.31. The van der Waals surface area contributed by atoms with Crippen LogP contribution in [0.3, 0.4) is 0 Å². The summed E-state index contributed by atoms with van der Waals surface area (Å²) in [6.07, 6.45) is 5.77. The van der Waals surface area contributed by atoms with Gasteiger partial charge in [0.1, 0.15) is 6.07 Å². The number of nitrogens with zero attached hydrogens (tertiary/aromatic N) is 2. The third kappa shape index (κ3) is 3.77. The average molecular weight is 353 g/mol. The van der Waals surface area contributed by atoms with Crippen LogP contribution in [0.5, 0.6) is 0 Å². The number of hydrogen-bond acceptors (Lipinski definition) is 2. The van der Waals surface area contributed by atoms with Crippen molar-refractivity contribution in [1.82, 2.24) is 0 Å². The molecule has 2 rings (SSSR count). The first-order valence-corrected chi connectivity index (χ1v) is 8.48. The second-order valence-electron chi connectivity index (χ2n) is 6.19. The number of nitriles is 1. The van der Waals surface area contributed by atoms with Crippen molar-refractivity contribution in [2.24, 2.45) is 5.92 Å². The highest BCUT2D eigenvalue weighted by molar-refractivity contribution is 9.10. The fourth-order valence-corrected chi connectivity index (χ4v) is 3.38. The number of anilines is 1. The summed E-state index contributed by atoms with van der Waals surface area (Å²) in [5.74, 6) is 0.295. The highest BCUT2D eigenvalue weighted by Gasteiger charge is 2.26. The van der Waals surface area contributed by atoms with E-state index in [1.165, 1.54) is 12.8 Å². The summed E-state index contributed by atoms with van der Waals surface area (Å²) in [6, 6.07) is 5.91. The fraction of sp³-hybridized carbons (Fsp3) is 0.588. The zero-order valence-electron chi connectivity index (χ0n) is 12.7. The molecular weight excluding hydrogens is 331 g/mol. The highest BCUT2D eigenvalue weighted by Crippen LogP contribution is 2.34. The van der Waals surface area contributed by atoms with Crippen molar-refractivity contribution in [3.63, 3.8) is 0 Å². The van der Waals surface area contributed by atoms with E-state index in [9.17, 15) is 4.39 Å². The van der Waals surface area contributed by atoms with Gasteiger partial charge in [0.25, 0.3) is 0 Å². The van der Waals surface area contributed by atoms with E-state index in [0.29, 0.717) is 23.2 Å². The average Bonchev–Trinajstić information content (AvgIpc) is 2.97. The van der Waals surface area contributed by atoms with Crippen LogP contribution in [0, 0.1) is 23.1 Å². The van der Waals surface area contributed by atoms with Crippen LogP contribution in [0.15, 0.2) is 16.6 Å². The second kappa shape index (κ2) is 7.26. The first-order valence-electron chi connectivity index (χ1n) is 7.69. The van der Waals surface area contributed by atoms with Gasteiger partial charge in [0.05, 0.1) is 15.7 Å². The van der Waals surface area contributed by atoms with Crippen molar-refractivity contribution in [3.05, 3.63) is 28.0 Å². The quantitative estimate of drug-likeness (QED) is 0.722. The lowest BCUT2D eigenvalue weighted by Gasteiger charge is -2.32. The van der Waals surface area contributed by atoms with Gasteiger partial charge in [-0.25, -0.2) is 4.39 Å². The van der Waals surface area contributed by atoms with Gasteiger partial charge in [-0.05, 0) is 53.2 Å². The molecule has 1 saturated carbocycles. The lowest BCUT2D eigenvalue weighted by molar-refractivity contribution is 0.516. The van der Waals surface area contributed by atoms with E-state index in [-0.39, 0.29) is 10.3 Å². The molecule has 1 fully saturated rings. The Morgan fingerprint density at radius 1 is 1.38 bits per heavy atom. The van der Waals surface area contributed by atoms with Crippen LogP contribution in [0.1, 0.15) is 51.5 Å². The van der Waals surface area contributed by atoms with Crippen molar-refractivity contribution >= 4 is 21.6 Å². The van der Waals surface area contributed by atoms with Crippen LogP contribution >= 0.6 is 15.9 Å². The maximum atomic E-state index is 14.6. The molecule has 0 bridgehead atoms. The smallest absolute Gasteiger partial charge is 0.161 e. The molecule has 1 aromatic carbocycles. The van der Waals surface area contributed by atoms with Gasteiger partial charge in [-0.3, -0.25) is 0 Å². The first kappa shape index (κ1) is 16.3. The van der Waals surface area contributed by atoms with Crippen molar-refractivity contribution in [2.45, 2.75) is 52.0 Å². The Bertz CT molecular complexity index is 530. The minimum absolute atomic E-state index is 0.287. The Hall–Kier alpha value is -1.08. The zero-order chi connectivity index (χ0) is 15.4. The molecule has 0 spiro atoms. The van der Waals surface area contributed by atoms with Gasteiger partial charge in [-0.2, -0.15) is 5.26 Å². The predicted octanol–water partition coefficient (Wildman–Crippen LogP) is 5.25. The minimum Gasteiger partial charge on any atom is -0.366 e. The Labute approximate surface area is 135 Å². The summed E-state index contributed by atoms with van der Waals surface area (Å²) in [7, 11) is 0. The first-order chi connectivity index (χ1) is 10.0. The van der Waals surface area contributed by atoms with Crippen LogP contribution in [-0.4, -0.2) is 12.6 Å². The molecule has 2 nitrogen and oxygen atoms in total. The third-order valence-electron chi connectivity index (χ3n) is 4.20. The fourth-order valence-electron chi connectivity index (χ4n) is 2.96. The van der Waals surface area contributed by atoms with E-state index >= 15 is 0 Å². The molecule has 0 radical (unpaired) electrons. The molecule has 0 aromatic heterocycles. The van der Waals surface area contributed by atoms with E-state index < -0.39 is 0 Å². The Morgan fingerprint density at radius 3 is 2.62 bits per heavy atom. The molecule has 21 heavy (non-hydrogen) atoms. The molecule has 0 unspecified atom stereocenters. The summed E-state index contributed by atoms with van der Waals surface area (Å²) in [5, 5.41) is 9.00. The second-order valence-corrected chi connectivity index (χ2v) is 6.98. The van der Waals surface area contributed by atoms with Gasteiger partial charge >= 0.3 is 0 Å². The van der Waals surface area contributed by atoms with Crippen LogP contribution in [0.25, 0.3) is 0 Å². The van der Waals surface area contributed by atoms with E-state index in [2.05, 4.69) is 34.7 Å². The molecule has 4 heteroatoms. The molecule has 1 aliphatic carbocycles. The lowest BCUT2D eigenvalue weighted by atomic mass is 10.1. The molecule has 1 aliphatic rings. The predicted molar refractivity (Wildman–Crippen MR) is 87.9 cm³/mol. The monoisotopic (exact) mass is 352 g/mol. The van der Waals surface area contributed by atoms with E-state index in [1.54, 1.807) is 12.1 Å². The van der Waals surface area contributed by atoms with Crippen LogP contribution < -0.4 is 4.90 Å². The summed E-state index contributed by atoms with van der Waals surface area (Å²) in [6.45, 7) is 5.26. The van der Waals surface area contributed by atoms with Crippen molar-refractivity contribution in [3.8, 4) is 6.07 Å². The normalized spacial score (nSPS) is 15.4. The minimum atomic E-state index is -0.301. The maximum Gasteiger partial charge on any atom is 0.161 e. The summed E-state index contributed by atoms with van der Waals surface area (Å²) in [5.41, 5.74) is 0.986. The molecule has 0 amide bonds. The van der Waals surface area contributed by atoms with E-state index in [1.807, 2.05) is 6.07 Å². The van der Waals surface area contributed by atoms with Gasteiger partial charge in [-0.1, -0.05) is 26.7 Å². The van der Waals surface area contributed by atoms with E-state index in [0.717, 1.165) is 25.8 Å². The van der Waals surface area contributed by atoms with E-state index in [4.69, 9.17) is 5.26 Å². The van der Waals surface area contributed by atoms with Gasteiger partial charge in [-0.15, -0.1) is 0 Å². The number of hydrogen-bond donors (Lipinski definition) is 0. The number of halogens is 2. The summed E-state index contributed by atoms with van der Waals surface area (Å²) >= 11 is 3.22. The molecular formula is C17H22BrFN2.